The van der Waals surface area contributed by atoms with Crippen molar-refractivity contribution in [2.75, 3.05) is 12.4 Å². The third-order valence-electron chi connectivity index (χ3n) is 2.84. The molecule has 2 aromatic rings. The van der Waals surface area contributed by atoms with Crippen molar-refractivity contribution in [2.45, 2.75) is 6.92 Å². The summed E-state index contributed by atoms with van der Waals surface area (Å²) in [6.07, 6.45) is 0. The van der Waals surface area contributed by atoms with Gasteiger partial charge in [0, 0.05) is 11.3 Å². The van der Waals surface area contributed by atoms with Crippen molar-refractivity contribution in [1.29, 1.82) is 0 Å². The number of rotatable bonds is 3. The quantitative estimate of drug-likeness (QED) is 0.913. The maximum Gasteiger partial charge on any atom is 0.255 e. The molecule has 0 aliphatic rings. The molecule has 0 spiro atoms. The summed E-state index contributed by atoms with van der Waals surface area (Å²) in [4.78, 5) is 12.1. The summed E-state index contributed by atoms with van der Waals surface area (Å²) < 4.78 is 18.9. The number of halogens is 2. The number of ether oxygens (including phenoxy) is 1. The second-order valence-electron chi connectivity index (χ2n) is 4.26. The Bertz CT molecular complexity index is 658. The Labute approximate surface area is 124 Å². The van der Waals surface area contributed by atoms with E-state index >= 15 is 0 Å². The van der Waals surface area contributed by atoms with Crippen molar-refractivity contribution in [3.05, 3.63) is 57.8 Å². The Morgan fingerprint density at radius 3 is 2.60 bits per heavy atom. The third-order valence-corrected chi connectivity index (χ3v) is 3.46. The largest absolute Gasteiger partial charge is 0.496 e. The zero-order chi connectivity index (χ0) is 14.7. The Morgan fingerprint density at radius 1 is 1.25 bits per heavy atom. The second kappa shape index (κ2) is 6.05. The molecule has 1 N–H and O–H groups in total. The fraction of sp³-hybridized carbons (Fsp3) is 0.133. The molecular formula is C15H13BrFNO2. The van der Waals surface area contributed by atoms with Crippen LogP contribution in [0.3, 0.4) is 0 Å². The van der Waals surface area contributed by atoms with Gasteiger partial charge in [0.2, 0.25) is 0 Å². The molecular weight excluding hydrogens is 325 g/mol. The molecule has 0 aliphatic carbocycles. The zero-order valence-corrected chi connectivity index (χ0v) is 12.6. The highest BCUT2D eigenvalue weighted by Gasteiger charge is 2.11. The molecule has 1 amide bonds. The van der Waals surface area contributed by atoms with E-state index in [1.165, 1.54) is 18.2 Å². The van der Waals surface area contributed by atoms with Crippen LogP contribution in [0.2, 0.25) is 0 Å². The van der Waals surface area contributed by atoms with Gasteiger partial charge in [-0.25, -0.2) is 4.39 Å². The van der Waals surface area contributed by atoms with Gasteiger partial charge < -0.3 is 10.1 Å². The van der Waals surface area contributed by atoms with E-state index in [-0.39, 0.29) is 11.7 Å². The SMILES string of the molecule is COc1ccc(NC(=O)c2ccc(F)cc2C)cc1Br. The standard InChI is InChI=1S/C15H13BrFNO2/c1-9-7-10(17)3-5-12(9)15(19)18-11-4-6-14(20-2)13(16)8-11/h3-8H,1-2H3,(H,18,19). The molecule has 2 aromatic carbocycles. The molecule has 0 atom stereocenters. The van der Waals surface area contributed by atoms with Gasteiger partial charge in [0.15, 0.2) is 0 Å². The van der Waals surface area contributed by atoms with Crippen molar-refractivity contribution < 1.29 is 13.9 Å². The van der Waals surface area contributed by atoms with Crippen molar-refractivity contribution >= 4 is 27.5 Å². The Hall–Kier alpha value is -1.88. The first-order chi connectivity index (χ1) is 9.51. The van der Waals surface area contributed by atoms with Crippen molar-refractivity contribution in [3.8, 4) is 5.75 Å². The van der Waals surface area contributed by atoms with Crippen LogP contribution in [-0.2, 0) is 0 Å². The molecule has 0 unspecified atom stereocenters. The molecule has 0 saturated heterocycles. The van der Waals surface area contributed by atoms with Crippen LogP contribution in [0.1, 0.15) is 15.9 Å². The minimum atomic E-state index is -0.355. The lowest BCUT2D eigenvalue weighted by Crippen LogP contribution is -2.13. The van der Waals surface area contributed by atoms with Crippen LogP contribution in [0.5, 0.6) is 5.75 Å². The smallest absolute Gasteiger partial charge is 0.255 e. The summed E-state index contributed by atoms with van der Waals surface area (Å²) in [5.41, 5.74) is 1.67. The molecule has 0 heterocycles. The number of anilines is 1. The van der Waals surface area contributed by atoms with Crippen molar-refractivity contribution in [1.82, 2.24) is 0 Å². The number of amides is 1. The molecule has 0 saturated carbocycles. The van der Waals surface area contributed by atoms with Crippen LogP contribution < -0.4 is 10.1 Å². The summed E-state index contributed by atoms with van der Waals surface area (Å²) in [5.74, 6) is 0.0479. The molecule has 0 aromatic heterocycles. The van der Waals surface area contributed by atoms with Crippen molar-refractivity contribution in [2.24, 2.45) is 0 Å². The zero-order valence-electron chi connectivity index (χ0n) is 11.0. The van der Waals surface area contributed by atoms with E-state index in [0.717, 1.165) is 4.47 Å². The molecule has 20 heavy (non-hydrogen) atoms. The summed E-state index contributed by atoms with van der Waals surface area (Å²) in [5, 5.41) is 2.76. The van der Waals surface area contributed by atoms with Gasteiger partial charge in [-0.05, 0) is 64.8 Å². The van der Waals surface area contributed by atoms with Gasteiger partial charge in [0.05, 0.1) is 11.6 Å². The maximum absolute atomic E-state index is 13.0. The minimum Gasteiger partial charge on any atom is -0.496 e. The third kappa shape index (κ3) is 3.17. The molecule has 0 aliphatic heterocycles. The number of hydrogen-bond donors (Lipinski definition) is 1. The van der Waals surface area contributed by atoms with E-state index in [1.54, 1.807) is 32.2 Å². The predicted octanol–water partition coefficient (Wildman–Crippen LogP) is 4.16. The van der Waals surface area contributed by atoms with E-state index in [1.807, 2.05) is 0 Å². The maximum atomic E-state index is 13.0. The van der Waals surface area contributed by atoms with E-state index < -0.39 is 0 Å². The van der Waals surface area contributed by atoms with Gasteiger partial charge in [-0.15, -0.1) is 0 Å². The summed E-state index contributed by atoms with van der Waals surface area (Å²) in [6.45, 7) is 1.70. The number of benzene rings is 2. The fourth-order valence-electron chi connectivity index (χ4n) is 1.82. The first-order valence-corrected chi connectivity index (χ1v) is 6.71. The highest BCUT2D eigenvalue weighted by atomic mass is 79.9. The number of hydrogen-bond acceptors (Lipinski definition) is 2. The number of nitrogens with one attached hydrogen (secondary N) is 1. The van der Waals surface area contributed by atoms with Crippen LogP contribution >= 0.6 is 15.9 Å². The molecule has 0 radical (unpaired) electrons. The number of methoxy groups -OCH3 is 1. The fourth-order valence-corrected chi connectivity index (χ4v) is 2.37. The Kier molecular flexibility index (Phi) is 4.39. The lowest BCUT2D eigenvalue weighted by atomic mass is 10.1. The average molecular weight is 338 g/mol. The minimum absolute atomic E-state index is 0.278. The second-order valence-corrected chi connectivity index (χ2v) is 5.12. The van der Waals surface area contributed by atoms with Crippen LogP contribution in [-0.4, -0.2) is 13.0 Å². The summed E-state index contributed by atoms with van der Waals surface area (Å²) >= 11 is 3.35. The van der Waals surface area contributed by atoms with Crippen LogP contribution in [0, 0.1) is 12.7 Å². The van der Waals surface area contributed by atoms with Gasteiger partial charge in [0.25, 0.3) is 5.91 Å². The van der Waals surface area contributed by atoms with Crippen LogP contribution in [0.15, 0.2) is 40.9 Å². The molecule has 0 fully saturated rings. The number of aryl methyl sites for hydroxylation is 1. The Balaban J connectivity index is 2.21. The topological polar surface area (TPSA) is 38.3 Å². The normalized spacial score (nSPS) is 10.2. The highest BCUT2D eigenvalue weighted by molar-refractivity contribution is 9.10. The lowest BCUT2D eigenvalue weighted by molar-refractivity contribution is 0.102. The average Bonchev–Trinajstić information content (AvgIpc) is 2.38. The predicted molar refractivity (Wildman–Crippen MR) is 79.8 cm³/mol. The van der Waals surface area contributed by atoms with Crippen LogP contribution in [0.25, 0.3) is 0 Å². The van der Waals surface area contributed by atoms with Gasteiger partial charge in [0.1, 0.15) is 11.6 Å². The molecule has 2 rings (SSSR count). The van der Waals surface area contributed by atoms with Crippen molar-refractivity contribution in [3.63, 3.8) is 0 Å². The summed E-state index contributed by atoms with van der Waals surface area (Å²) in [6, 6.07) is 9.30. The number of carbonyl (C=O) groups is 1. The first-order valence-electron chi connectivity index (χ1n) is 5.92. The van der Waals surface area contributed by atoms with Gasteiger partial charge in [-0.3, -0.25) is 4.79 Å². The van der Waals surface area contributed by atoms with E-state index in [2.05, 4.69) is 21.2 Å². The molecule has 0 bridgehead atoms. The molecule has 3 nitrogen and oxygen atoms in total. The molecule has 5 heteroatoms. The van der Waals surface area contributed by atoms with Gasteiger partial charge in [-0.1, -0.05) is 0 Å². The summed E-state index contributed by atoms with van der Waals surface area (Å²) in [7, 11) is 1.57. The highest BCUT2D eigenvalue weighted by Crippen LogP contribution is 2.28. The lowest BCUT2D eigenvalue weighted by Gasteiger charge is -2.09. The van der Waals surface area contributed by atoms with E-state index in [4.69, 9.17) is 4.74 Å². The van der Waals surface area contributed by atoms with E-state index in [9.17, 15) is 9.18 Å². The first kappa shape index (κ1) is 14.5. The van der Waals surface area contributed by atoms with E-state index in [0.29, 0.717) is 22.6 Å². The van der Waals surface area contributed by atoms with Crippen LogP contribution in [0.4, 0.5) is 10.1 Å². The monoisotopic (exact) mass is 337 g/mol. The molecule has 104 valence electrons. The Morgan fingerprint density at radius 2 is 2.00 bits per heavy atom. The number of carbonyl (C=O) groups excluding carboxylic acids is 1. The van der Waals surface area contributed by atoms with Gasteiger partial charge in [-0.2, -0.15) is 0 Å². The van der Waals surface area contributed by atoms with Gasteiger partial charge >= 0.3 is 0 Å².